The van der Waals surface area contributed by atoms with Crippen LogP contribution in [0.4, 0.5) is 0 Å². The van der Waals surface area contributed by atoms with Gasteiger partial charge in [-0.3, -0.25) is 4.72 Å². The molecule has 1 aromatic carbocycles. The summed E-state index contributed by atoms with van der Waals surface area (Å²) in [4.78, 5) is 0. The van der Waals surface area contributed by atoms with E-state index in [-0.39, 0.29) is 0 Å². The van der Waals surface area contributed by atoms with Crippen LogP contribution in [-0.4, -0.2) is 14.7 Å². The molecule has 0 heterocycles. The summed E-state index contributed by atoms with van der Waals surface area (Å²) in [5.41, 5.74) is 1.52. The van der Waals surface area contributed by atoms with Gasteiger partial charge < -0.3 is 0 Å². The average Bonchev–Trinajstić information content (AvgIpc) is 2.17. The molecule has 0 aliphatic rings. The molecule has 0 aliphatic heterocycles. The number of allylic oxidation sites excluding steroid dienone is 1. The summed E-state index contributed by atoms with van der Waals surface area (Å²) >= 11 is 0. The molecular formula is C11H15NO2S. The third-order valence-electron chi connectivity index (χ3n) is 1.79. The number of hydrogen-bond acceptors (Lipinski definition) is 2. The second-order valence-corrected chi connectivity index (χ2v) is 5.01. The van der Waals surface area contributed by atoms with Crippen LogP contribution < -0.4 is 4.72 Å². The molecule has 0 bridgehead atoms. The lowest BCUT2D eigenvalue weighted by molar-refractivity contribution is 0.597. The Hall–Kier alpha value is -1.29. The summed E-state index contributed by atoms with van der Waals surface area (Å²) in [5.74, 6) is 0. The lowest BCUT2D eigenvalue weighted by atomic mass is 10.1. The highest BCUT2D eigenvalue weighted by atomic mass is 32.2. The Labute approximate surface area is 90.9 Å². The molecule has 0 saturated heterocycles. The Kier molecular flexibility index (Phi) is 3.91. The van der Waals surface area contributed by atoms with Gasteiger partial charge in [-0.1, -0.05) is 43.3 Å². The van der Waals surface area contributed by atoms with Crippen LogP contribution in [0.2, 0.25) is 0 Å². The van der Waals surface area contributed by atoms with Crippen LogP contribution in [0.15, 0.2) is 36.4 Å². The number of benzene rings is 1. The van der Waals surface area contributed by atoms with Crippen molar-refractivity contribution in [3.05, 3.63) is 42.0 Å². The van der Waals surface area contributed by atoms with Gasteiger partial charge in [-0.15, -0.1) is 0 Å². The van der Waals surface area contributed by atoms with Crippen LogP contribution in [-0.2, 0) is 10.0 Å². The van der Waals surface area contributed by atoms with Crippen molar-refractivity contribution < 1.29 is 8.42 Å². The minimum atomic E-state index is -3.21. The van der Waals surface area contributed by atoms with Crippen LogP contribution >= 0.6 is 0 Å². The topological polar surface area (TPSA) is 46.2 Å². The lowest BCUT2D eigenvalue weighted by Crippen LogP contribution is -2.20. The van der Waals surface area contributed by atoms with E-state index in [4.69, 9.17) is 0 Å². The highest BCUT2D eigenvalue weighted by Gasteiger charge is 2.05. The molecule has 15 heavy (non-hydrogen) atoms. The zero-order valence-corrected chi connectivity index (χ0v) is 9.71. The first kappa shape index (κ1) is 11.8. The van der Waals surface area contributed by atoms with Gasteiger partial charge in [-0.05, 0) is 12.0 Å². The van der Waals surface area contributed by atoms with Crippen LogP contribution in [0, 0.1) is 0 Å². The van der Waals surface area contributed by atoms with Crippen molar-refractivity contribution in [2.75, 3.05) is 6.26 Å². The minimum absolute atomic E-state index is 0.639. The Morgan fingerprint density at radius 3 is 2.40 bits per heavy atom. The van der Waals surface area contributed by atoms with Gasteiger partial charge in [0.25, 0.3) is 0 Å². The number of hydrogen-bond donors (Lipinski definition) is 1. The molecule has 0 radical (unpaired) electrons. The van der Waals surface area contributed by atoms with Crippen molar-refractivity contribution >= 4 is 15.7 Å². The highest BCUT2D eigenvalue weighted by Crippen LogP contribution is 2.12. The maximum absolute atomic E-state index is 11.1. The van der Waals surface area contributed by atoms with E-state index in [1.807, 2.05) is 43.3 Å². The molecule has 0 saturated carbocycles. The van der Waals surface area contributed by atoms with Crippen molar-refractivity contribution in [1.82, 2.24) is 4.72 Å². The van der Waals surface area contributed by atoms with Crippen molar-refractivity contribution in [2.45, 2.75) is 13.3 Å². The fraction of sp³-hybridized carbons (Fsp3) is 0.273. The maximum Gasteiger partial charge on any atom is 0.229 e. The Balaban J connectivity index is 3.00. The lowest BCUT2D eigenvalue weighted by Gasteiger charge is -2.08. The van der Waals surface area contributed by atoms with Gasteiger partial charge in [-0.25, -0.2) is 8.42 Å². The van der Waals surface area contributed by atoms with E-state index in [1.54, 1.807) is 0 Å². The van der Waals surface area contributed by atoms with Gasteiger partial charge in [0.15, 0.2) is 0 Å². The van der Waals surface area contributed by atoms with Gasteiger partial charge in [0, 0.05) is 0 Å². The third-order valence-corrected chi connectivity index (χ3v) is 2.38. The second kappa shape index (κ2) is 4.98. The zero-order chi connectivity index (χ0) is 11.3. The van der Waals surface area contributed by atoms with E-state index in [0.29, 0.717) is 5.70 Å². The molecule has 0 aliphatic carbocycles. The summed E-state index contributed by atoms with van der Waals surface area (Å²) in [5, 5.41) is 0. The molecule has 3 nitrogen and oxygen atoms in total. The Morgan fingerprint density at radius 1 is 1.33 bits per heavy atom. The van der Waals surface area contributed by atoms with Crippen molar-refractivity contribution in [1.29, 1.82) is 0 Å². The summed E-state index contributed by atoms with van der Waals surface area (Å²) in [6.45, 7) is 1.97. The van der Waals surface area contributed by atoms with Crippen LogP contribution in [0.25, 0.3) is 5.70 Å². The van der Waals surface area contributed by atoms with E-state index in [9.17, 15) is 8.42 Å². The Morgan fingerprint density at radius 2 is 1.93 bits per heavy atom. The summed E-state index contributed by atoms with van der Waals surface area (Å²) in [7, 11) is -3.21. The molecule has 1 N–H and O–H groups in total. The fourth-order valence-electron chi connectivity index (χ4n) is 1.24. The summed E-state index contributed by atoms with van der Waals surface area (Å²) in [6.07, 6.45) is 3.79. The fourth-order valence-corrected chi connectivity index (χ4v) is 1.84. The largest absolute Gasteiger partial charge is 0.284 e. The van der Waals surface area contributed by atoms with Gasteiger partial charge in [0.1, 0.15) is 0 Å². The molecule has 4 heteroatoms. The predicted molar refractivity (Wildman–Crippen MR) is 62.7 cm³/mol. The number of sulfonamides is 1. The van der Waals surface area contributed by atoms with Crippen molar-refractivity contribution in [3.8, 4) is 0 Å². The first-order chi connectivity index (χ1) is 7.03. The molecule has 0 fully saturated rings. The molecule has 0 atom stereocenters. The standard InChI is InChI=1S/C11H15NO2S/c1-3-7-11(12-15(2,13)14)10-8-5-4-6-9-10/h4-9,12H,3H2,1-2H3. The van der Waals surface area contributed by atoms with Crippen LogP contribution in [0.3, 0.4) is 0 Å². The molecule has 0 spiro atoms. The SMILES string of the molecule is CCC=C(NS(C)(=O)=O)c1ccccc1. The molecule has 0 unspecified atom stereocenters. The first-order valence-corrected chi connectivity index (χ1v) is 6.65. The smallest absolute Gasteiger partial charge is 0.229 e. The first-order valence-electron chi connectivity index (χ1n) is 4.76. The third kappa shape index (κ3) is 4.16. The summed E-state index contributed by atoms with van der Waals surface area (Å²) < 4.78 is 24.8. The molecular weight excluding hydrogens is 210 g/mol. The van der Waals surface area contributed by atoms with Crippen LogP contribution in [0.5, 0.6) is 0 Å². The van der Waals surface area contributed by atoms with Crippen LogP contribution in [0.1, 0.15) is 18.9 Å². The van der Waals surface area contributed by atoms with Gasteiger partial charge in [0.2, 0.25) is 10.0 Å². The maximum atomic E-state index is 11.1. The zero-order valence-electron chi connectivity index (χ0n) is 8.90. The van der Waals surface area contributed by atoms with E-state index in [0.717, 1.165) is 18.2 Å². The van der Waals surface area contributed by atoms with E-state index < -0.39 is 10.0 Å². The average molecular weight is 225 g/mol. The van der Waals surface area contributed by atoms with Gasteiger partial charge in [-0.2, -0.15) is 0 Å². The molecule has 0 amide bonds. The summed E-state index contributed by atoms with van der Waals surface area (Å²) in [6, 6.07) is 9.40. The van der Waals surface area contributed by atoms with Crippen molar-refractivity contribution in [3.63, 3.8) is 0 Å². The Bertz CT molecular complexity index is 435. The van der Waals surface area contributed by atoms with Gasteiger partial charge >= 0.3 is 0 Å². The van der Waals surface area contributed by atoms with E-state index >= 15 is 0 Å². The monoisotopic (exact) mass is 225 g/mol. The quantitative estimate of drug-likeness (QED) is 0.851. The number of nitrogens with one attached hydrogen (secondary N) is 1. The van der Waals surface area contributed by atoms with E-state index in [2.05, 4.69) is 4.72 Å². The highest BCUT2D eigenvalue weighted by molar-refractivity contribution is 7.89. The number of rotatable bonds is 4. The van der Waals surface area contributed by atoms with Gasteiger partial charge in [0.05, 0.1) is 12.0 Å². The minimum Gasteiger partial charge on any atom is -0.284 e. The molecule has 0 aromatic heterocycles. The predicted octanol–water partition coefficient (Wildman–Crippen LogP) is 1.99. The van der Waals surface area contributed by atoms with Crippen molar-refractivity contribution in [2.24, 2.45) is 0 Å². The normalized spacial score (nSPS) is 12.5. The molecule has 82 valence electrons. The molecule has 1 aromatic rings. The van der Waals surface area contributed by atoms with E-state index in [1.165, 1.54) is 0 Å². The second-order valence-electron chi connectivity index (χ2n) is 3.27. The molecule has 1 rings (SSSR count).